The molecule has 0 radical (unpaired) electrons. The van der Waals surface area contributed by atoms with Gasteiger partial charge >= 0.3 is 0 Å². The van der Waals surface area contributed by atoms with Crippen molar-refractivity contribution in [2.75, 3.05) is 0 Å². The van der Waals surface area contributed by atoms with Crippen LogP contribution in [0.3, 0.4) is 0 Å². The number of hydrogen-bond donors (Lipinski definition) is 0. The maximum absolute atomic E-state index is 11.8. The minimum Gasteiger partial charge on any atom is -0.404 e. The highest BCUT2D eigenvalue weighted by Crippen LogP contribution is 2.37. The van der Waals surface area contributed by atoms with Crippen molar-refractivity contribution >= 4 is 24.6 Å². The number of carbonyl (C=O) groups is 1. The van der Waals surface area contributed by atoms with Gasteiger partial charge in [-0.1, -0.05) is 81.4 Å². The Morgan fingerprint density at radius 1 is 1.08 bits per heavy atom. The molecule has 5 nitrogen and oxygen atoms in total. The average molecular weight is 368 g/mol. The Labute approximate surface area is 155 Å². The van der Waals surface area contributed by atoms with Crippen LogP contribution in [0.1, 0.15) is 34.1 Å². The third-order valence-corrected chi connectivity index (χ3v) is 9.57. The van der Waals surface area contributed by atoms with Gasteiger partial charge in [-0.2, -0.15) is 0 Å². The number of benzene rings is 2. The number of azide groups is 1. The SMILES string of the molecule is CC(CC(=O)N=[N+]=[N-])O[Si](c1ccccc1)(c1ccccc1)C(C)(C)C. The molecular formula is C20H25N3O2Si. The molecule has 0 heterocycles. The van der Waals surface area contributed by atoms with Crippen LogP contribution in [-0.4, -0.2) is 20.3 Å². The first-order chi connectivity index (χ1) is 12.3. The summed E-state index contributed by atoms with van der Waals surface area (Å²) < 4.78 is 6.73. The lowest BCUT2D eigenvalue weighted by atomic mass is 10.2. The zero-order valence-corrected chi connectivity index (χ0v) is 16.7. The minimum atomic E-state index is -2.69. The molecule has 26 heavy (non-hydrogen) atoms. The number of amides is 1. The zero-order chi connectivity index (χ0) is 19.2. The van der Waals surface area contributed by atoms with E-state index in [1.54, 1.807) is 0 Å². The van der Waals surface area contributed by atoms with Gasteiger partial charge in [0.15, 0.2) is 0 Å². The van der Waals surface area contributed by atoms with Gasteiger partial charge in [-0.05, 0) is 33.0 Å². The highest BCUT2D eigenvalue weighted by atomic mass is 28.4. The molecule has 6 heteroatoms. The summed E-state index contributed by atoms with van der Waals surface area (Å²) in [6.45, 7) is 8.41. The Morgan fingerprint density at radius 3 is 1.92 bits per heavy atom. The summed E-state index contributed by atoms with van der Waals surface area (Å²) in [5, 5.41) is 5.33. The predicted octanol–water partition coefficient (Wildman–Crippen LogP) is 4.18. The third kappa shape index (κ3) is 4.22. The quantitative estimate of drug-likeness (QED) is 0.332. The monoisotopic (exact) mass is 367 g/mol. The van der Waals surface area contributed by atoms with E-state index < -0.39 is 14.2 Å². The standard InChI is InChI=1S/C20H25N3O2Si/c1-16(15-19(24)22-23-21)25-26(20(2,3)4,17-11-7-5-8-12-17)18-13-9-6-10-14-18/h5-14,16H,15H2,1-4H3. The van der Waals surface area contributed by atoms with Crippen LogP contribution >= 0.6 is 0 Å². The van der Waals surface area contributed by atoms with E-state index in [-0.39, 0.29) is 17.6 Å². The number of rotatable bonds is 6. The van der Waals surface area contributed by atoms with E-state index in [1.165, 1.54) is 0 Å². The summed E-state index contributed by atoms with van der Waals surface area (Å²) >= 11 is 0. The van der Waals surface area contributed by atoms with Gasteiger partial charge in [0.25, 0.3) is 8.32 Å². The van der Waals surface area contributed by atoms with E-state index in [4.69, 9.17) is 9.96 Å². The normalized spacial score (nSPS) is 12.9. The first-order valence-electron chi connectivity index (χ1n) is 8.68. The first kappa shape index (κ1) is 19.9. The lowest BCUT2D eigenvalue weighted by Gasteiger charge is -2.44. The fourth-order valence-corrected chi connectivity index (χ4v) is 8.07. The van der Waals surface area contributed by atoms with E-state index in [2.05, 4.69) is 55.1 Å². The smallest absolute Gasteiger partial charge is 0.261 e. The summed E-state index contributed by atoms with van der Waals surface area (Å²) in [7, 11) is -2.69. The molecule has 0 saturated heterocycles. The predicted molar refractivity (Wildman–Crippen MR) is 107 cm³/mol. The summed E-state index contributed by atoms with van der Waals surface area (Å²) in [4.78, 5) is 14.4. The maximum atomic E-state index is 11.8. The van der Waals surface area contributed by atoms with Crippen LogP contribution in [0.25, 0.3) is 10.4 Å². The molecule has 0 aliphatic rings. The van der Waals surface area contributed by atoms with E-state index in [9.17, 15) is 4.79 Å². The van der Waals surface area contributed by atoms with E-state index >= 15 is 0 Å². The van der Waals surface area contributed by atoms with E-state index in [0.29, 0.717) is 0 Å². The second kappa shape index (κ2) is 8.32. The number of carbonyl (C=O) groups excluding carboxylic acids is 1. The van der Waals surface area contributed by atoms with Crippen molar-refractivity contribution in [3.63, 3.8) is 0 Å². The minimum absolute atomic E-state index is 0.0640. The average Bonchev–Trinajstić information content (AvgIpc) is 2.60. The molecule has 2 rings (SSSR count). The largest absolute Gasteiger partial charge is 0.404 e. The van der Waals surface area contributed by atoms with Gasteiger partial charge in [0.1, 0.15) is 0 Å². The van der Waals surface area contributed by atoms with Gasteiger partial charge in [-0.25, -0.2) is 0 Å². The van der Waals surface area contributed by atoms with Crippen LogP contribution in [0, 0.1) is 0 Å². The van der Waals surface area contributed by atoms with Gasteiger partial charge in [0.05, 0.1) is 6.10 Å². The Bertz CT molecular complexity index is 742. The molecule has 1 atom stereocenters. The van der Waals surface area contributed by atoms with Crippen molar-refractivity contribution in [1.29, 1.82) is 0 Å². The molecule has 2 aromatic rings. The van der Waals surface area contributed by atoms with Gasteiger partial charge in [-0.3, -0.25) is 4.79 Å². The molecule has 1 amide bonds. The molecule has 0 aliphatic carbocycles. The van der Waals surface area contributed by atoms with Crippen LogP contribution in [0.15, 0.2) is 65.8 Å². The molecule has 1 unspecified atom stereocenters. The van der Waals surface area contributed by atoms with Crippen molar-refractivity contribution in [1.82, 2.24) is 0 Å². The second-order valence-electron chi connectivity index (χ2n) is 7.38. The highest BCUT2D eigenvalue weighted by molar-refractivity contribution is 6.99. The summed E-state index contributed by atoms with van der Waals surface area (Å²) in [6.07, 6.45) is -0.298. The van der Waals surface area contributed by atoms with Crippen molar-refractivity contribution in [3.05, 3.63) is 71.1 Å². The lowest BCUT2D eigenvalue weighted by molar-refractivity contribution is -0.119. The van der Waals surface area contributed by atoms with E-state index in [1.807, 2.05) is 43.3 Å². The van der Waals surface area contributed by atoms with Crippen molar-refractivity contribution in [3.8, 4) is 0 Å². The van der Waals surface area contributed by atoms with Gasteiger partial charge in [0, 0.05) is 11.3 Å². The van der Waals surface area contributed by atoms with Crippen LogP contribution < -0.4 is 10.4 Å². The summed E-state index contributed by atoms with van der Waals surface area (Å²) in [5.74, 6) is -0.502. The number of nitrogens with zero attached hydrogens (tertiary/aromatic N) is 3. The molecule has 0 bridgehead atoms. The zero-order valence-electron chi connectivity index (χ0n) is 15.7. The van der Waals surface area contributed by atoms with Crippen molar-refractivity contribution in [2.24, 2.45) is 5.11 Å². The third-order valence-electron chi connectivity index (χ3n) is 4.41. The van der Waals surface area contributed by atoms with Gasteiger partial charge in [-0.15, -0.1) is 0 Å². The topological polar surface area (TPSA) is 75.1 Å². The first-order valence-corrected chi connectivity index (χ1v) is 10.6. The number of hydrogen-bond acceptors (Lipinski definition) is 2. The summed E-state index contributed by atoms with van der Waals surface area (Å²) in [5.41, 5.74) is 8.47. The van der Waals surface area contributed by atoms with Crippen molar-refractivity contribution < 1.29 is 9.22 Å². The van der Waals surface area contributed by atoms with Crippen LogP contribution in [-0.2, 0) is 9.22 Å². The lowest BCUT2D eigenvalue weighted by Crippen LogP contribution is -2.67. The molecule has 0 fully saturated rings. The van der Waals surface area contributed by atoms with E-state index in [0.717, 1.165) is 10.4 Å². The second-order valence-corrected chi connectivity index (χ2v) is 11.6. The van der Waals surface area contributed by atoms with Crippen LogP contribution in [0.4, 0.5) is 0 Å². The Balaban J connectivity index is 2.57. The highest BCUT2D eigenvalue weighted by Gasteiger charge is 2.51. The Kier molecular flexibility index (Phi) is 6.37. The van der Waals surface area contributed by atoms with Gasteiger partial charge in [0.2, 0.25) is 5.91 Å². The molecule has 0 spiro atoms. The fourth-order valence-electron chi connectivity index (χ4n) is 3.37. The molecule has 136 valence electrons. The molecule has 0 aromatic heterocycles. The van der Waals surface area contributed by atoms with Crippen molar-refractivity contribution in [2.45, 2.75) is 45.3 Å². The molecule has 0 N–H and O–H groups in total. The van der Waals surface area contributed by atoms with Gasteiger partial charge < -0.3 is 4.43 Å². The molecule has 0 saturated carbocycles. The fraction of sp³-hybridized carbons (Fsp3) is 0.350. The summed E-state index contributed by atoms with van der Waals surface area (Å²) in [6, 6.07) is 20.5. The Hall–Kier alpha value is -2.40. The Morgan fingerprint density at radius 2 is 1.54 bits per heavy atom. The molecular weight excluding hydrogens is 342 g/mol. The molecule has 2 aromatic carbocycles. The molecule has 0 aliphatic heterocycles. The van der Waals surface area contributed by atoms with Crippen LogP contribution in [0.2, 0.25) is 5.04 Å². The maximum Gasteiger partial charge on any atom is 0.261 e. The van der Waals surface area contributed by atoms with Crippen LogP contribution in [0.5, 0.6) is 0 Å².